The molecule has 0 atom stereocenters. The highest BCUT2D eigenvalue weighted by molar-refractivity contribution is 5.55. The fourth-order valence-corrected chi connectivity index (χ4v) is 2.29. The number of nitrogen functional groups attached to an aromatic ring is 1. The van der Waals surface area contributed by atoms with Crippen LogP contribution in [0.2, 0.25) is 0 Å². The van der Waals surface area contributed by atoms with E-state index < -0.39 is 0 Å². The van der Waals surface area contributed by atoms with Gasteiger partial charge in [0.15, 0.2) is 5.69 Å². The first kappa shape index (κ1) is 13.9. The first-order valence-corrected chi connectivity index (χ1v) is 7.10. The normalized spacial score (nSPS) is 17.2. The predicted octanol–water partition coefficient (Wildman–Crippen LogP) is 2.95. The molecule has 0 amide bonds. The van der Waals surface area contributed by atoms with E-state index in [4.69, 9.17) is 15.2 Å². The topological polar surface area (TPSA) is 70.3 Å². The average molecular weight is 265 g/mol. The molecule has 2 rings (SSSR count). The second kappa shape index (κ2) is 6.59. The van der Waals surface area contributed by atoms with Crippen LogP contribution in [-0.2, 0) is 0 Å². The summed E-state index contributed by atoms with van der Waals surface area (Å²) in [5.41, 5.74) is 6.42. The lowest BCUT2D eigenvalue weighted by atomic mass is 10.1. The fraction of sp³-hybridized carbons (Fsp3) is 0.714. The molecule has 1 aliphatic rings. The van der Waals surface area contributed by atoms with Gasteiger partial charge in [0.2, 0.25) is 11.8 Å². The summed E-state index contributed by atoms with van der Waals surface area (Å²) in [5, 5.41) is 0. The number of nitrogens with two attached hydrogens (primary N) is 1. The van der Waals surface area contributed by atoms with Crippen molar-refractivity contribution < 1.29 is 9.47 Å². The van der Waals surface area contributed by atoms with E-state index in [1.165, 1.54) is 32.0 Å². The van der Waals surface area contributed by atoms with Crippen LogP contribution in [-0.4, -0.2) is 22.2 Å². The van der Waals surface area contributed by atoms with Crippen LogP contribution in [0.5, 0.6) is 11.8 Å². The summed E-state index contributed by atoms with van der Waals surface area (Å²) in [6.45, 7) is 3.88. The molecule has 1 aromatic rings. The highest BCUT2D eigenvalue weighted by Gasteiger charge is 2.18. The molecule has 0 bridgehead atoms. The van der Waals surface area contributed by atoms with Crippen LogP contribution in [0.15, 0.2) is 6.33 Å². The molecule has 5 heteroatoms. The number of nitrogens with zero attached hydrogens (tertiary/aromatic N) is 2. The summed E-state index contributed by atoms with van der Waals surface area (Å²) < 4.78 is 11.5. The average Bonchev–Trinajstić information content (AvgIpc) is 2.62. The number of hydrogen-bond acceptors (Lipinski definition) is 5. The molecule has 0 unspecified atom stereocenters. The highest BCUT2D eigenvalue weighted by Crippen LogP contribution is 2.30. The van der Waals surface area contributed by atoms with Crippen LogP contribution in [0.25, 0.3) is 0 Å². The van der Waals surface area contributed by atoms with Crippen molar-refractivity contribution in [2.75, 3.05) is 5.73 Å². The van der Waals surface area contributed by atoms with E-state index in [2.05, 4.69) is 9.97 Å². The van der Waals surface area contributed by atoms with Gasteiger partial charge in [-0.25, -0.2) is 0 Å². The molecule has 1 saturated carbocycles. The molecule has 0 aromatic carbocycles. The third kappa shape index (κ3) is 3.98. The monoisotopic (exact) mass is 265 g/mol. The Labute approximate surface area is 114 Å². The quantitative estimate of drug-likeness (QED) is 0.847. The van der Waals surface area contributed by atoms with E-state index >= 15 is 0 Å². The molecule has 0 spiro atoms. The molecule has 19 heavy (non-hydrogen) atoms. The Balaban J connectivity index is 2.06. The number of aromatic nitrogens is 2. The first-order chi connectivity index (χ1) is 9.16. The fourth-order valence-electron chi connectivity index (χ4n) is 2.29. The van der Waals surface area contributed by atoms with Gasteiger partial charge in [0.05, 0.1) is 6.10 Å². The van der Waals surface area contributed by atoms with Crippen LogP contribution in [0, 0.1) is 0 Å². The van der Waals surface area contributed by atoms with Crippen LogP contribution in [0.4, 0.5) is 5.69 Å². The van der Waals surface area contributed by atoms with Crippen molar-refractivity contribution in [2.24, 2.45) is 0 Å². The smallest absolute Gasteiger partial charge is 0.244 e. The molecule has 1 heterocycles. The maximum atomic E-state index is 6.01. The summed E-state index contributed by atoms with van der Waals surface area (Å²) in [7, 11) is 0. The van der Waals surface area contributed by atoms with E-state index in [-0.39, 0.29) is 12.2 Å². The second-order valence-electron chi connectivity index (χ2n) is 5.30. The molecule has 1 fully saturated rings. The minimum atomic E-state index is 0.0305. The Morgan fingerprint density at radius 2 is 1.74 bits per heavy atom. The second-order valence-corrected chi connectivity index (χ2v) is 5.30. The summed E-state index contributed by atoms with van der Waals surface area (Å²) in [5.74, 6) is 0.867. The van der Waals surface area contributed by atoms with Gasteiger partial charge in [0, 0.05) is 0 Å². The lowest BCUT2D eigenvalue weighted by molar-refractivity contribution is 0.174. The SMILES string of the molecule is CC(C)Oc1ncnc(OC2CCCCCC2)c1N. The van der Waals surface area contributed by atoms with Crippen molar-refractivity contribution in [3.63, 3.8) is 0 Å². The zero-order valence-electron chi connectivity index (χ0n) is 11.8. The molecule has 0 radical (unpaired) electrons. The van der Waals surface area contributed by atoms with Crippen LogP contribution in [0.1, 0.15) is 52.4 Å². The van der Waals surface area contributed by atoms with Gasteiger partial charge in [-0.2, -0.15) is 9.97 Å². The third-order valence-electron chi connectivity index (χ3n) is 3.24. The van der Waals surface area contributed by atoms with E-state index in [0.29, 0.717) is 17.4 Å². The van der Waals surface area contributed by atoms with Crippen LogP contribution in [0.3, 0.4) is 0 Å². The zero-order chi connectivity index (χ0) is 13.7. The predicted molar refractivity (Wildman–Crippen MR) is 74.3 cm³/mol. The van der Waals surface area contributed by atoms with Crippen LogP contribution >= 0.6 is 0 Å². The Kier molecular flexibility index (Phi) is 4.82. The largest absolute Gasteiger partial charge is 0.473 e. The Morgan fingerprint density at radius 1 is 1.11 bits per heavy atom. The minimum Gasteiger partial charge on any atom is -0.473 e. The van der Waals surface area contributed by atoms with E-state index in [0.717, 1.165) is 12.8 Å². The van der Waals surface area contributed by atoms with Crippen LogP contribution < -0.4 is 15.2 Å². The Morgan fingerprint density at radius 3 is 2.37 bits per heavy atom. The zero-order valence-corrected chi connectivity index (χ0v) is 11.8. The summed E-state index contributed by atoms with van der Waals surface area (Å²) >= 11 is 0. The van der Waals surface area contributed by atoms with Gasteiger partial charge < -0.3 is 15.2 Å². The molecule has 0 saturated heterocycles. The van der Waals surface area contributed by atoms with Gasteiger partial charge in [0.25, 0.3) is 0 Å². The van der Waals surface area contributed by atoms with Crippen molar-refractivity contribution in [3.8, 4) is 11.8 Å². The minimum absolute atomic E-state index is 0.0305. The van der Waals surface area contributed by atoms with Crippen molar-refractivity contribution in [1.82, 2.24) is 9.97 Å². The van der Waals surface area contributed by atoms with Crippen molar-refractivity contribution in [2.45, 2.75) is 64.6 Å². The molecular weight excluding hydrogens is 242 g/mol. The maximum Gasteiger partial charge on any atom is 0.244 e. The number of hydrogen-bond donors (Lipinski definition) is 1. The molecular formula is C14H23N3O2. The molecule has 5 nitrogen and oxygen atoms in total. The summed E-state index contributed by atoms with van der Waals surface area (Å²) in [4.78, 5) is 8.18. The van der Waals surface area contributed by atoms with E-state index in [9.17, 15) is 0 Å². The van der Waals surface area contributed by atoms with E-state index in [1.807, 2.05) is 13.8 Å². The maximum absolute atomic E-state index is 6.01. The molecule has 1 aliphatic carbocycles. The standard InChI is InChI=1S/C14H23N3O2/c1-10(2)18-13-12(15)14(17-9-16-13)19-11-7-5-3-4-6-8-11/h9-11H,3-8,15H2,1-2H3. The lowest BCUT2D eigenvalue weighted by Crippen LogP contribution is -2.18. The van der Waals surface area contributed by atoms with Gasteiger partial charge in [-0.1, -0.05) is 12.8 Å². The van der Waals surface area contributed by atoms with Gasteiger partial charge in [0.1, 0.15) is 12.4 Å². The summed E-state index contributed by atoms with van der Waals surface area (Å²) in [6.07, 6.45) is 8.85. The molecule has 1 aromatic heterocycles. The van der Waals surface area contributed by atoms with Crippen molar-refractivity contribution in [3.05, 3.63) is 6.33 Å². The Bertz CT molecular complexity index is 402. The van der Waals surface area contributed by atoms with E-state index in [1.54, 1.807) is 0 Å². The van der Waals surface area contributed by atoms with Gasteiger partial charge >= 0.3 is 0 Å². The third-order valence-corrected chi connectivity index (χ3v) is 3.24. The molecule has 2 N–H and O–H groups in total. The lowest BCUT2D eigenvalue weighted by Gasteiger charge is -2.18. The van der Waals surface area contributed by atoms with Gasteiger partial charge in [-0.15, -0.1) is 0 Å². The molecule has 106 valence electrons. The molecule has 0 aliphatic heterocycles. The number of rotatable bonds is 4. The summed E-state index contributed by atoms with van der Waals surface area (Å²) in [6, 6.07) is 0. The van der Waals surface area contributed by atoms with Crippen molar-refractivity contribution in [1.29, 1.82) is 0 Å². The number of anilines is 1. The van der Waals surface area contributed by atoms with Crippen molar-refractivity contribution >= 4 is 5.69 Å². The highest BCUT2D eigenvalue weighted by atomic mass is 16.5. The van der Waals surface area contributed by atoms with Gasteiger partial charge in [-0.05, 0) is 39.5 Å². The Hall–Kier alpha value is -1.52. The number of ether oxygens (including phenoxy) is 2. The first-order valence-electron chi connectivity index (χ1n) is 7.10. The van der Waals surface area contributed by atoms with Gasteiger partial charge in [-0.3, -0.25) is 0 Å².